The molecule has 1 atom stereocenters. The van der Waals surface area contributed by atoms with E-state index in [4.69, 9.17) is 9.47 Å². The lowest BCUT2D eigenvalue weighted by Gasteiger charge is -2.37. The van der Waals surface area contributed by atoms with Crippen LogP contribution in [0.4, 0.5) is 0 Å². The summed E-state index contributed by atoms with van der Waals surface area (Å²) in [7, 11) is 3.52. The highest BCUT2D eigenvalue weighted by Crippen LogP contribution is 2.12. The van der Waals surface area contributed by atoms with Gasteiger partial charge in [-0.2, -0.15) is 0 Å². The predicted octanol–water partition coefficient (Wildman–Crippen LogP) is 1.29. The summed E-state index contributed by atoms with van der Waals surface area (Å²) < 4.78 is 11.7. The minimum atomic E-state index is 0.00455. The second-order valence-corrected chi connectivity index (χ2v) is 8.29. The zero-order valence-corrected chi connectivity index (χ0v) is 19.0. The Morgan fingerprint density at radius 3 is 2.65 bits per heavy atom. The van der Waals surface area contributed by atoms with E-state index in [0.717, 1.165) is 70.4 Å². The summed E-state index contributed by atoms with van der Waals surface area (Å²) in [6.07, 6.45) is 3.65. The molecule has 1 aromatic carbocycles. The molecular weight excluding hydrogens is 394 g/mol. The molecule has 0 saturated carbocycles. The fraction of sp³-hybridized carbons (Fsp3) is 0.652. The van der Waals surface area contributed by atoms with Crippen LogP contribution in [0.1, 0.15) is 19.3 Å². The highest BCUT2D eigenvalue weighted by Gasteiger charge is 2.22. The molecule has 2 saturated heterocycles. The summed E-state index contributed by atoms with van der Waals surface area (Å²) in [5, 5.41) is 3.47. The highest BCUT2D eigenvalue weighted by molar-refractivity contribution is 5.85. The van der Waals surface area contributed by atoms with Gasteiger partial charge in [0.2, 0.25) is 5.91 Å². The number of hydrogen-bond donors (Lipinski definition) is 1. The third kappa shape index (κ3) is 8.03. The van der Waals surface area contributed by atoms with Crippen LogP contribution in [-0.2, 0) is 9.53 Å². The van der Waals surface area contributed by atoms with E-state index in [-0.39, 0.29) is 18.6 Å². The van der Waals surface area contributed by atoms with Gasteiger partial charge in [0.05, 0.1) is 6.10 Å². The molecule has 0 aliphatic carbocycles. The van der Waals surface area contributed by atoms with E-state index < -0.39 is 0 Å². The van der Waals surface area contributed by atoms with Gasteiger partial charge in [-0.25, -0.2) is 4.99 Å². The minimum Gasteiger partial charge on any atom is -0.492 e. The van der Waals surface area contributed by atoms with Crippen molar-refractivity contribution in [3.8, 4) is 5.75 Å². The maximum Gasteiger partial charge on any atom is 0.243 e. The van der Waals surface area contributed by atoms with Gasteiger partial charge in [0, 0.05) is 60.0 Å². The monoisotopic (exact) mass is 431 g/mol. The number of amides is 1. The number of piperazine rings is 1. The van der Waals surface area contributed by atoms with E-state index in [1.807, 2.05) is 30.3 Å². The van der Waals surface area contributed by atoms with Gasteiger partial charge in [0.1, 0.15) is 18.9 Å². The van der Waals surface area contributed by atoms with Crippen molar-refractivity contribution in [2.45, 2.75) is 25.4 Å². The molecule has 1 aromatic rings. The Labute approximate surface area is 186 Å². The number of nitrogens with zero attached hydrogens (tertiary/aromatic N) is 4. The molecule has 1 amide bonds. The van der Waals surface area contributed by atoms with Crippen LogP contribution in [0.5, 0.6) is 5.75 Å². The van der Waals surface area contributed by atoms with Gasteiger partial charge in [-0.1, -0.05) is 18.2 Å². The molecule has 31 heavy (non-hydrogen) atoms. The normalized spacial score (nSPS) is 20.4. The molecule has 2 aliphatic rings. The first-order valence-corrected chi connectivity index (χ1v) is 11.4. The summed E-state index contributed by atoms with van der Waals surface area (Å²) in [5.74, 6) is 1.73. The van der Waals surface area contributed by atoms with E-state index in [1.54, 1.807) is 19.0 Å². The smallest absolute Gasteiger partial charge is 0.243 e. The fourth-order valence-corrected chi connectivity index (χ4v) is 3.72. The Hall–Kier alpha value is -2.32. The third-order valence-electron chi connectivity index (χ3n) is 5.72. The lowest BCUT2D eigenvalue weighted by Crippen LogP contribution is -2.54. The molecule has 0 radical (unpaired) electrons. The van der Waals surface area contributed by atoms with Crippen LogP contribution in [0.25, 0.3) is 0 Å². The van der Waals surface area contributed by atoms with Crippen molar-refractivity contribution >= 4 is 11.9 Å². The number of hydrogen-bond acceptors (Lipinski definition) is 5. The molecule has 2 heterocycles. The predicted molar refractivity (Wildman–Crippen MR) is 123 cm³/mol. The van der Waals surface area contributed by atoms with Crippen molar-refractivity contribution in [1.82, 2.24) is 20.0 Å². The number of carbonyl (C=O) groups excluding carboxylic acids is 1. The van der Waals surface area contributed by atoms with E-state index in [0.29, 0.717) is 6.61 Å². The lowest BCUT2D eigenvalue weighted by atomic mass is 10.1. The number of rotatable bonds is 8. The molecule has 1 unspecified atom stereocenters. The SMILES string of the molecule is CN(C)C(=O)CN=C(NCC1CCCCO1)N1CCN(CCOc2ccccc2)CC1. The summed E-state index contributed by atoms with van der Waals surface area (Å²) in [6.45, 7) is 6.95. The number of likely N-dealkylation sites (N-methyl/N-ethyl adjacent to an activating group) is 1. The highest BCUT2D eigenvalue weighted by atomic mass is 16.5. The van der Waals surface area contributed by atoms with Gasteiger partial charge in [-0.05, 0) is 31.4 Å². The van der Waals surface area contributed by atoms with Crippen LogP contribution in [0, 0.1) is 0 Å². The second kappa shape index (κ2) is 12.5. The van der Waals surface area contributed by atoms with Gasteiger partial charge < -0.3 is 24.6 Å². The standard InChI is InChI=1S/C23H37N5O3/c1-26(2)22(29)19-25-23(24-18-21-10-6-7-16-30-21)28-13-11-27(12-14-28)15-17-31-20-8-4-3-5-9-20/h3-5,8-9,21H,6-7,10-19H2,1-2H3,(H,24,25). The van der Waals surface area contributed by atoms with E-state index in [2.05, 4.69) is 20.1 Å². The number of nitrogens with one attached hydrogen (secondary N) is 1. The molecule has 2 fully saturated rings. The van der Waals surface area contributed by atoms with Crippen LogP contribution in [0.2, 0.25) is 0 Å². The number of aliphatic imine (C=N–C) groups is 1. The first kappa shape index (κ1) is 23.3. The molecule has 172 valence electrons. The number of para-hydroxylation sites is 1. The van der Waals surface area contributed by atoms with E-state index in [1.165, 1.54) is 6.42 Å². The van der Waals surface area contributed by atoms with Crippen molar-refractivity contribution in [3.05, 3.63) is 30.3 Å². The van der Waals surface area contributed by atoms with Crippen LogP contribution >= 0.6 is 0 Å². The van der Waals surface area contributed by atoms with Crippen molar-refractivity contribution < 1.29 is 14.3 Å². The van der Waals surface area contributed by atoms with Crippen molar-refractivity contribution in [3.63, 3.8) is 0 Å². The van der Waals surface area contributed by atoms with Gasteiger partial charge in [-0.3, -0.25) is 9.69 Å². The van der Waals surface area contributed by atoms with Gasteiger partial charge in [0.15, 0.2) is 5.96 Å². The zero-order valence-electron chi connectivity index (χ0n) is 19.0. The van der Waals surface area contributed by atoms with Gasteiger partial charge in [-0.15, -0.1) is 0 Å². The Morgan fingerprint density at radius 2 is 1.97 bits per heavy atom. The summed E-state index contributed by atoms with van der Waals surface area (Å²) in [5.41, 5.74) is 0. The summed E-state index contributed by atoms with van der Waals surface area (Å²) in [4.78, 5) is 22.9. The molecule has 3 rings (SSSR count). The Morgan fingerprint density at radius 1 is 1.19 bits per heavy atom. The molecule has 0 bridgehead atoms. The number of benzene rings is 1. The average molecular weight is 432 g/mol. The molecule has 8 heteroatoms. The maximum absolute atomic E-state index is 12.0. The molecule has 0 spiro atoms. The van der Waals surface area contributed by atoms with E-state index in [9.17, 15) is 4.79 Å². The Balaban J connectivity index is 1.46. The Bertz CT molecular complexity index is 684. The molecule has 1 N–H and O–H groups in total. The first-order valence-electron chi connectivity index (χ1n) is 11.4. The lowest BCUT2D eigenvalue weighted by molar-refractivity contribution is -0.127. The molecule has 0 aromatic heterocycles. The zero-order chi connectivity index (χ0) is 21.9. The van der Waals surface area contributed by atoms with Crippen molar-refractivity contribution in [2.24, 2.45) is 4.99 Å². The third-order valence-corrected chi connectivity index (χ3v) is 5.72. The van der Waals surface area contributed by atoms with Crippen LogP contribution in [-0.4, -0.2) is 106 Å². The van der Waals surface area contributed by atoms with Crippen LogP contribution in [0.15, 0.2) is 35.3 Å². The largest absolute Gasteiger partial charge is 0.492 e. The summed E-state index contributed by atoms with van der Waals surface area (Å²) >= 11 is 0. The Kier molecular flexibility index (Phi) is 9.42. The van der Waals surface area contributed by atoms with Gasteiger partial charge in [0.25, 0.3) is 0 Å². The maximum atomic E-state index is 12.0. The molecule has 2 aliphatic heterocycles. The number of guanidine groups is 1. The van der Waals surface area contributed by atoms with Crippen LogP contribution < -0.4 is 10.1 Å². The van der Waals surface area contributed by atoms with E-state index >= 15 is 0 Å². The average Bonchev–Trinajstić information content (AvgIpc) is 2.81. The minimum absolute atomic E-state index is 0.00455. The van der Waals surface area contributed by atoms with Crippen molar-refractivity contribution in [1.29, 1.82) is 0 Å². The van der Waals surface area contributed by atoms with Gasteiger partial charge >= 0.3 is 0 Å². The topological polar surface area (TPSA) is 69.6 Å². The number of carbonyl (C=O) groups is 1. The molecule has 8 nitrogen and oxygen atoms in total. The first-order chi connectivity index (χ1) is 15.1. The fourth-order valence-electron chi connectivity index (χ4n) is 3.72. The van der Waals surface area contributed by atoms with Crippen LogP contribution in [0.3, 0.4) is 0 Å². The second-order valence-electron chi connectivity index (χ2n) is 8.29. The summed E-state index contributed by atoms with van der Waals surface area (Å²) in [6, 6.07) is 9.93. The molecular formula is C23H37N5O3. The number of ether oxygens (including phenoxy) is 2. The quantitative estimate of drug-likeness (QED) is 0.494. The van der Waals surface area contributed by atoms with Crippen molar-refractivity contribution in [2.75, 3.05) is 73.1 Å².